The van der Waals surface area contributed by atoms with Crippen LogP contribution in [-0.2, 0) is 48.0 Å². The van der Waals surface area contributed by atoms with E-state index in [0.717, 1.165) is 38.5 Å². The van der Waals surface area contributed by atoms with E-state index in [2.05, 4.69) is 5.32 Å². The molecule has 15 heteroatoms. The minimum Gasteiger partial charge on any atom is -0.296 e. The van der Waals surface area contributed by atoms with Crippen molar-refractivity contribution in [2.75, 3.05) is 0 Å². The fraction of sp³-hybridized carbons (Fsp3) is 0.500. The van der Waals surface area contributed by atoms with Crippen LogP contribution in [0.15, 0.2) is 70.5 Å². The lowest BCUT2D eigenvalue weighted by molar-refractivity contribution is -0.135. The molecule has 13 nitrogen and oxygen atoms in total. The van der Waals surface area contributed by atoms with Crippen LogP contribution in [0.5, 0.6) is 0 Å². The van der Waals surface area contributed by atoms with Gasteiger partial charge in [0.05, 0.1) is 9.79 Å². The van der Waals surface area contributed by atoms with E-state index in [1.807, 2.05) is 11.0 Å². The number of carbonyl (C=O) groups excluding carboxylic acids is 4. The van der Waals surface area contributed by atoms with Crippen LogP contribution < -0.4 is 16.3 Å². The van der Waals surface area contributed by atoms with Gasteiger partial charge in [-0.3, -0.25) is 24.5 Å². The van der Waals surface area contributed by atoms with Gasteiger partial charge in [-0.25, -0.2) is 11.0 Å². The topological polar surface area (TPSA) is 191 Å². The van der Waals surface area contributed by atoms with Gasteiger partial charge in [0.25, 0.3) is 0 Å². The molecule has 0 aromatic heterocycles. The van der Waals surface area contributed by atoms with Crippen LogP contribution in [0, 0.1) is 10.8 Å². The van der Waals surface area contributed by atoms with Crippen LogP contribution in [0.3, 0.4) is 0 Å². The number of hydrogen-bond donors (Lipinski definition) is 3. The van der Waals surface area contributed by atoms with Gasteiger partial charge in [-0.1, -0.05) is 74.9 Å². The van der Waals surface area contributed by atoms with Gasteiger partial charge < -0.3 is 0 Å². The number of nitrogens with one attached hydrogen (secondary N) is 3. The summed E-state index contributed by atoms with van der Waals surface area (Å²) in [5, 5.41) is 2.43. The molecule has 2 aliphatic carbocycles. The molecule has 2 aromatic rings. The quantitative estimate of drug-likeness (QED) is 0.244. The number of hydroxylamine groups is 2. The fourth-order valence-corrected chi connectivity index (χ4v) is 8.17. The van der Waals surface area contributed by atoms with Crippen molar-refractivity contribution in [2.24, 2.45) is 10.8 Å². The average molecular weight is 692 g/mol. The lowest BCUT2D eigenvalue weighted by atomic mass is 9.69. The minimum absolute atomic E-state index is 0.122. The van der Waals surface area contributed by atoms with E-state index in [1.54, 1.807) is 12.1 Å². The maximum Gasteiger partial charge on any atom is 0.317 e. The maximum absolute atomic E-state index is 13.2. The summed E-state index contributed by atoms with van der Waals surface area (Å²) >= 11 is 0. The first-order valence-corrected chi connectivity index (χ1v) is 18.5. The summed E-state index contributed by atoms with van der Waals surface area (Å²) in [5.74, 6) is -2.55. The third-order valence-corrected chi connectivity index (χ3v) is 11.1. The van der Waals surface area contributed by atoms with Crippen molar-refractivity contribution >= 4 is 43.9 Å². The molecule has 47 heavy (non-hydrogen) atoms. The van der Waals surface area contributed by atoms with Gasteiger partial charge in [0.1, 0.15) is 0 Å². The van der Waals surface area contributed by atoms with Crippen LogP contribution >= 0.6 is 0 Å². The Morgan fingerprint density at radius 3 is 1.17 bits per heavy atom. The van der Waals surface area contributed by atoms with Crippen LogP contribution in [-0.4, -0.2) is 40.5 Å². The van der Waals surface area contributed by atoms with Gasteiger partial charge in [-0.05, 0) is 60.8 Å². The number of hydrogen-bond acceptors (Lipinski definition) is 10. The molecule has 4 rings (SSSR count). The summed E-state index contributed by atoms with van der Waals surface area (Å²) in [7, 11) is -8.46. The lowest BCUT2D eigenvalue weighted by Gasteiger charge is -2.37. The number of rotatable bonds is 14. The summed E-state index contributed by atoms with van der Waals surface area (Å²) in [6, 6.07) is 14.7. The lowest BCUT2D eigenvalue weighted by Crippen LogP contribution is -2.42. The van der Waals surface area contributed by atoms with Crippen molar-refractivity contribution in [1.82, 2.24) is 16.3 Å². The van der Waals surface area contributed by atoms with Gasteiger partial charge in [-0.15, -0.1) is 8.57 Å². The molecule has 0 heterocycles. The highest BCUT2D eigenvalue weighted by Crippen LogP contribution is 2.44. The Morgan fingerprint density at radius 1 is 0.511 bits per heavy atom. The van der Waals surface area contributed by atoms with Gasteiger partial charge in [0.2, 0.25) is 23.6 Å². The summed E-state index contributed by atoms with van der Waals surface area (Å²) in [6.45, 7) is 0. The Balaban J connectivity index is 1.33. The predicted molar refractivity (Wildman–Crippen MR) is 168 cm³/mol. The molecule has 2 fully saturated rings. The summed E-state index contributed by atoms with van der Waals surface area (Å²) < 4.78 is 59.1. The van der Waals surface area contributed by atoms with Gasteiger partial charge >= 0.3 is 20.2 Å². The zero-order valence-corrected chi connectivity index (χ0v) is 27.7. The van der Waals surface area contributed by atoms with Crippen molar-refractivity contribution in [3.63, 3.8) is 0 Å². The zero-order chi connectivity index (χ0) is 34.0. The second-order valence-corrected chi connectivity index (χ2v) is 15.6. The molecule has 0 spiro atoms. The number of benzene rings is 2. The SMILES string of the molecule is O=C(CC1(CC(=O)NC(=O)CC2(CC(=O)NOS(=O)(=O)c3ccccc3)CCCCC2)CCCCC1)NOS(=O)(=O)c1ccccc1. The van der Waals surface area contributed by atoms with E-state index in [0.29, 0.717) is 25.7 Å². The zero-order valence-electron chi connectivity index (χ0n) is 26.1. The Labute approximate surface area is 275 Å². The van der Waals surface area contributed by atoms with Crippen molar-refractivity contribution < 1.29 is 44.6 Å². The Morgan fingerprint density at radius 2 is 0.830 bits per heavy atom. The number of amides is 4. The monoisotopic (exact) mass is 691 g/mol. The number of carbonyl (C=O) groups is 4. The maximum atomic E-state index is 13.2. The van der Waals surface area contributed by atoms with E-state index in [9.17, 15) is 36.0 Å². The molecule has 0 atom stereocenters. The van der Waals surface area contributed by atoms with Crippen molar-refractivity contribution in [3.8, 4) is 0 Å². The summed E-state index contributed by atoms with van der Waals surface area (Å²) in [4.78, 5) is 51.7. The largest absolute Gasteiger partial charge is 0.317 e. The van der Waals surface area contributed by atoms with Gasteiger partial charge in [-0.2, -0.15) is 16.8 Å². The number of imide groups is 1. The van der Waals surface area contributed by atoms with Crippen molar-refractivity contribution in [3.05, 3.63) is 60.7 Å². The molecular formula is C32H41N3O10S2. The Kier molecular flexibility index (Phi) is 12.3. The molecule has 0 unspecified atom stereocenters. The molecule has 2 saturated carbocycles. The van der Waals surface area contributed by atoms with E-state index in [4.69, 9.17) is 8.57 Å². The van der Waals surface area contributed by atoms with E-state index in [-0.39, 0.29) is 35.5 Å². The molecule has 0 aliphatic heterocycles. The molecule has 0 saturated heterocycles. The molecular weight excluding hydrogens is 650 g/mol. The van der Waals surface area contributed by atoms with Crippen molar-refractivity contribution in [2.45, 2.75) is 99.7 Å². The molecule has 2 aliphatic rings. The van der Waals surface area contributed by atoms with Crippen LogP contribution in [0.2, 0.25) is 0 Å². The predicted octanol–water partition coefficient (Wildman–Crippen LogP) is 3.96. The first-order valence-electron chi connectivity index (χ1n) is 15.7. The molecule has 256 valence electrons. The van der Waals surface area contributed by atoms with Crippen LogP contribution in [0.4, 0.5) is 0 Å². The molecule has 3 N–H and O–H groups in total. The molecule has 0 bridgehead atoms. The normalized spacial score (nSPS) is 17.6. The van der Waals surface area contributed by atoms with E-state index >= 15 is 0 Å². The summed E-state index contributed by atoms with van der Waals surface area (Å²) in [6.07, 6.45) is 6.41. The second-order valence-electron chi connectivity index (χ2n) is 12.6. The summed E-state index contributed by atoms with van der Waals surface area (Å²) in [5.41, 5.74) is 2.41. The highest BCUT2D eigenvalue weighted by atomic mass is 32.2. The second kappa shape index (κ2) is 16.0. The van der Waals surface area contributed by atoms with Gasteiger partial charge in [0, 0.05) is 25.7 Å². The van der Waals surface area contributed by atoms with E-state index < -0.39 is 54.7 Å². The highest BCUT2D eigenvalue weighted by molar-refractivity contribution is 7.87. The van der Waals surface area contributed by atoms with Crippen molar-refractivity contribution in [1.29, 1.82) is 0 Å². The van der Waals surface area contributed by atoms with Crippen LogP contribution in [0.25, 0.3) is 0 Å². The van der Waals surface area contributed by atoms with Gasteiger partial charge in [0.15, 0.2) is 0 Å². The third-order valence-electron chi connectivity index (χ3n) is 8.84. The Bertz CT molecular complexity index is 1500. The third kappa shape index (κ3) is 10.7. The molecule has 0 radical (unpaired) electrons. The standard InChI is InChI=1S/C32H41N3O10S2/c36-27(21-31(17-9-3-10-18-31)23-29(38)34-44-46(40,41)25-13-5-1-6-14-25)33-28(37)22-32(19-11-4-12-20-32)24-30(39)35-45-47(42,43)26-15-7-2-8-16-26/h1-2,5-8,13-16H,3-4,9-12,17-24H2,(H,34,38)(H,35,39)(H,33,36,37). The molecule has 2 aromatic carbocycles. The first kappa shape index (κ1) is 36.2. The smallest absolute Gasteiger partial charge is 0.296 e. The first-order chi connectivity index (χ1) is 22.3. The average Bonchev–Trinajstić information content (AvgIpc) is 3.04. The van der Waals surface area contributed by atoms with Crippen LogP contribution in [0.1, 0.15) is 89.9 Å². The Hall–Kier alpha value is -3.66. The molecule has 4 amide bonds. The minimum atomic E-state index is -4.23. The fourth-order valence-electron chi connectivity index (χ4n) is 6.59. The van der Waals surface area contributed by atoms with E-state index in [1.165, 1.54) is 48.5 Å². The highest BCUT2D eigenvalue weighted by Gasteiger charge is 2.40.